The Morgan fingerprint density at radius 3 is 2.50 bits per heavy atom. The Morgan fingerprint density at radius 2 is 1.87 bits per heavy atom. The molecule has 0 aliphatic heterocycles. The molecule has 30 heavy (non-hydrogen) atoms. The molecular formula is C22H26N4O3S. The van der Waals surface area contributed by atoms with E-state index in [9.17, 15) is 9.59 Å². The Morgan fingerprint density at radius 1 is 1.13 bits per heavy atom. The number of carbonyl (C=O) groups excluding carboxylic acids is 2. The molecule has 3 aromatic rings. The number of aryl methyl sites for hydroxylation is 1. The maximum Gasteiger partial charge on any atom is 0.251 e. The van der Waals surface area contributed by atoms with Gasteiger partial charge in [0.2, 0.25) is 5.91 Å². The first-order valence-corrected chi connectivity index (χ1v) is 10.6. The maximum atomic E-state index is 12.4. The predicted molar refractivity (Wildman–Crippen MR) is 117 cm³/mol. The fourth-order valence-electron chi connectivity index (χ4n) is 2.80. The molecule has 0 unspecified atom stereocenters. The van der Waals surface area contributed by atoms with Gasteiger partial charge in [-0.05, 0) is 64.1 Å². The number of aromatic nitrogens is 2. The van der Waals surface area contributed by atoms with Crippen molar-refractivity contribution in [1.82, 2.24) is 20.2 Å². The molecule has 0 aliphatic rings. The molecule has 2 amide bonds. The second-order valence-corrected chi connectivity index (χ2v) is 8.85. The van der Waals surface area contributed by atoms with E-state index in [2.05, 4.69) is 15.6 Å². The van der Waals surface area contributed by atoms with Crippen LogP contribution >= 0.6 is 11.8 Å². The second kappa shape index (κ2) is 9.21. The first-order chi connectivity index (χ1) is 14.2. The van der Waals surface area contributed by atoms with Gasteiger partial charge in [-0.15, -0.1) is 0 Å². The highest BCUT2D eigenvalue weighted by molar-refractivity contribution is 7.99. The highest BCUT2D eigenvalue weighted by atomic mass is 32.2. The van der Waals surface area contributed by atoms with Crippen LogP contribution in [0.25, 0.3) is 5.69 Å². The first-order valence-electron chi connectivity index (χ1n) is 9.62. The number of hydrogen-bond donors (Lipinski definition) is 2. The van der Waals surface area contributed by atoms with E-state index in [1.54, 1.807) is 18.3 Å². The van der Waals surface area contributed by atoms with E-state index in [1.807, 2.05) is 62.7 Å². The number of furan rings is 1. The van der Waals surface area contributed by atoms with Crippen molar-refractivity contribution in [3.05, 3.63) is 65.9 Å². The van der Waals surface area contributed by atoms with Crippen LogP contribution in [-0.2, 0) is 11.3 Å². The van der Waals surface area contributed by atoms with Crippen molar-refractivity contribution in [2.24, 2.45) is 0 Å². The molecule has 0 saturated carbocycles. The smallest absolute Gasteiger partial charge is 0.251 e. The number of carbonyl (C=O) groups is 2. The number of nitrogens with one attached hydrogen (secondary N) is 2. The van der Waals surface area contributed by atoms with Crippen LogP contribution in [0.3, 0.4) is 0 Å². The van der Waals surface area contributed by atoms with E-state index in [0.717, 1.165) is 11.4 Å². The lowest BCUT2D eigenvalue weighted by atomic mass is 10.1. The third-order valence-electron chi connectivity index (χ3n) is 4.08. The van der Waals surface area contributed by atoms with Crippen LogP contribution in [0.5, 0.6) is 0 Å². The summed E-state index contributed by atoms with van der Waals surface area (Å²) in [6.07, 6.45) is 3.52. The second-order valence-electron chi connectivity index (χ2n) is 7.91. The number of nitrogens with zero attached hydrogens (tertiary/aromatic N) is 2. The van der Waals surface area contributed by atoms with Crippen molar-refractivity contribution >= 4 is 23.6 Å². The minimum absolute atomic E-state index is 0.0409. The topological polar surface area (TPSA) is 89.2 Å². The molecule has 8 heteroatoms. The summed E-state index contributed by atoms with van der Waals surface area (Å²) in [7, 11) is 0. The third-order valence-corrected chi connectivity index (χ3v) is 5.05. The van der Waals surface area contributed by atoms with Crippen LogP contribution in [0.2, 0.25) is 0 Å². The van der Waals surface area contributed by atoms with Crippen molar-refractivity contribution in [2.45, 2.75) is 44.9 Å². The van der Waals surface area contributed by atoms with Gasteiger partial charge in [0.15, 0.2) is 5.16 Å². The van der Waals surface area contributed by atoms with E-state index in [-0.39, 0.29) is 23.1 Å². The molecule has 1 aromatic carbocycles. The Balaban J connectivity index is 1.60. The zero-order valence-electron chi connectivity index (χ0n) is 17.6. The lowest BCUT2D eigenvalue weighted by Crippen LogP contribution is -2.41. The molecular weight excluding hydrogens is 400 g/mol. The van der Waals surface area contributed by atoms with Crippen LogP contribution in [0.15, 0.2) is 58.4 Å². The summed E-state index contributed by atoms with van der Waals surface area (Å²) in [4.78, 5) is 28.8. The van der Waals surface area contributed by atoms with Crippen LogP contribution in [0.4, 0.5) is 0 Å². The molecule has 158 valence electrons. The predicted octanol–water partition coefficient (Wildman–Crippen LogP) is 3.71. The van der Waals surface area contributed by atoms with Gasteiger partial charge in [-0.3, -0.25) is 14.2 Å². The average molecular weight is 427 g/mol. The van der Waals surface area contributed by atoms with Gasteiger partial charge in [-0.25, -0.2) is 4.98 Å². The zero-order chi connectivity index (χ0) is 21.7. The molecule has 0 bridgehead atoms. The highest BCUT2D eigenvalue weighted by Crippen LogP contribution is 2.21. The van der Waals surface area contributed by atoms with E-state index in [1.165, 1.54) is 11.8 Å². The summed E-state index contributed by atoms with van der Waals surface area (Å²) in [6.45, 7) is 8.05. The van der Waals surface area contributed by atoms with Crippen LogP contribution in [0.1, 0.15) is 42.6 Å². The summed E-state index contributed by atoms with van der Waals surface area (Å²) in [5.41, 5.74) is 1.16. The molecule has 2 heterocycles. The van der Waals surface area contributed by atoms with E-state index >= 15 is 0 Å². The molecule has 0 fully saturated rings. The Kier molecular flexibility index (Phi) is 6.66. The highest BCUT2D eigenvalue weighted by Gasteiger charge is 2.15. The molecule has 0 spiro atoms. The fraction of sp³-hybridized carbons (Fsp3) is 0.318. The Labute approximate surface area is 180 Å². The summed E-state index contributed by atoms with van der Waals surface area (Å²) >= 11 is 1.37. The first kappa shape index (κ1) is 21.7. The molecule has 0 saturated heterocycles. The summed E-state index contributed by atoms with van der Waals surface area (Å²) < 4.78 is 7.35. The van der Waals surface area contributed by atoms with E-state index in [0.29, 0.717) is 23.0 Å². The number of hydrogen-bond acceptors (Lipinski definition) is 5. The molecule has 0 aliphatic carbocycles. The summed E-state index contributed by atoms with van der Waals surface area (Å²) in [5.74, 6) is 1.60. The lowest BCUT2D eigenvalue weighted by molar-refractivity contribution is -0.119. The minimum atomic E-state index is -0.265. The van der Waals surface area contributed by atoms with E-state index in [4.69, 9.17) is 4.42 Å². The van der Waals surface area contributed by atoms with Crippen molar-refractivity contribution in [3.63, 3.8) is 0 Å². The minimum Gasteiger partial charge on any atom is -0.465 e. The van der Waals surface area contributed by atoms with Gasteiger partial charge in [-0.1, -0.05) is 11.8 Å². The van der Waals surface area contributed by atoms with Gasteiger partial charge in [0.1, 0.15) is 11.5 Å². The lowest BCUT2D eigenvalue weighted by Gasteiger charge is -2.20. The molecule has 0 radical (unpaired) electrons. The number of imidazole rings is 1. The average Bonchev–Trinajstić information content (AvgIpc) is 3.32. The zero-order valence-corrected chi connectivity index (χ0v) is 18.4. The third kappa shape index (κ3) is 6.00. The van der Waals surface area contributed by atoms with Crippen molar-refractivity contribution in [2.75, 3.05) is 5.75 Å². The van der Waals surface area contributed by atoms with Crippen LogP contribution in [-0.4, -0.2) is 32.7 Å². The normalized spacial score (nSPS) is 11.3. The molecule has 2 aromatic heterocycles. The quantitative estimate of drug-likeness (QED) is 0.562. The molecule has 3 rings (SSSR count). The van der Waals surface area contributed by atoms with Gasteiger partial charge in [-0.2, -0.15) is 0 Å². The standard InChI is InChI=1S/C22H26N4O3S/c1-15-5-10-18(29-15)13-24-20(28)16-6-8-17(9-7-16)26-12-11-23-21(26)30-14-19(27)25-22(2,3)4/h5-12H,13-14H2,1-4H3,(H,24,28)(H,25,27). The number of amides is 2. The Hall–Kier alpha value is -3.00. The van der Waals surface area contributed by atoms with Gasteiger partial charge >= 0.3 is 0 Å². The van der Waals surface area contributed by atoms with Crippen LogP contribution < -0.4 is 10.6 Å². The SMILES string of the molecule is Cc1ccc(CNC(=O)c2ccc(-n3ccnc3SCC(=O)NC(C)(C)C)cc2)o1. The number of rotatable bonds is 7. The molecule has 7 nitrogen and oxygen atoms in total. The van der Waals surface area contributed by atoms with Crippen LogP contribution in [0, 0.1) is 6.92 Å². The van der Waals surface area contributed by atoms with Crippen molar-refractivity contribution < 1.29 is 14.0 Å². The van der Waals surface area contributed by atoms with Crippen molar-refractivity contribution in [3.8, 4) is 5.69 Å². The Bertz CT molecular complexity index is 1020. The van der Waals surface area contributed by atoms with Crippen molar-refractivity contribution in [1.29, 1.82) is 0 Å². The van der Waals surface area contributed by atoms with Gasteiger partial charge < -0.3 is 15.1 Å². The van der Waals surface area contributed by atoms with Gasteiger partial charge in [0, 0.05) is 29.2 Å². The summed E-state index contributed by atoms with van der Waals surface area (Å²) in [5, 5.41) is 6.50. The monoisotopic (exact) mass is 426 g/mol. The molecule has 0 atom stereocenters. The fourth-order valence-corrected chi connectivity index (χ4v) is 3.57. The van der Waals surface area contributed by atoms with Gasteiger partial charge in [0.25, 0.3) is 5.91 Å². The van der Waals surface area contributed by atoms with E-state index < -0.39 is 0 Å². The summed E-state index contributed by atoms with van der Waals surface area (Å²) in [6, 6.07) is 10.9. The number of thioether (sulfide) groups is 1. The maximum absolute atomic E-state index is 12.4. The largest absolute Gasteiger partial charge is 0.465 e. The van der Waals surface area contributed by atoms with Gasteiger partial charge in [0.05, 0.1) is 12.3 Å². The number of benzene rings is 1. The molecule has 2 N–H and O–H groups in total.